The summed E-state index contributed by atoms with van der Waals surface area (Å²) in [6.07, 6.45) is -0.324. The number of nitrogens with two attached hydrogens (primary N) is 1. The number of benzene rings is 2. The summed E-state index contributed by atoms with van der Waals surface area (Å²) in [7, 11) is 0. The Balaban J connectivity index is 1.69. The zero-order valence-electron chi connectivity index (χ0n) is 16.7. The molecule has 158 valence electrons. The van der Waals surface area contributed by atoms with E-state index in [-0.39, 0.29) is 6.54 Å². The highest BCUT2D eigenvalue weighted by molar-refractivity contribution is 6.02. The smallest absolute Gasteiger partial charge is 0.164 e. The predicted molar refractivity (Wildman–Crippen MR) is 118 cm³/mol. The van der Waals surface area contributed by atoms with Crippen molar-refractivity contribution >= 4 is 22.5 Å². The van der Waals surface area contributed by atoms with E-state index in [1.165, 1.54) is 6.33 Å². The van der Waals surface area contributed by atoms with Gasteiger partial charge in [0.1, 0.15) is 36.1 Å². The Morgan fingerprint density at radius 2 is 1.68 bits per heavy atom. The Hall–Kier alpha value is -3.30. The topological polar surface area (TPSA) is 118 Å². The van der Waals surface area contributed by atoms with Gasteiger partial charge in [-0.25, -0.2) is 9.97 Å². The van der Waals surface area contributed by atoms with Crippen LogP contribution in [0.3, 0.4) is 0 Å². The number of rotatable bonds is 5. The van der Waals surface area contributed by atoms with Crippen molar-refractivity contribution in [1.82, 2.24) is 14.5 Å². The van der Waals surface area contributed by atoms with Gasteiger partial charge in [-0.1, -0.05) is 48.5 Å². The van der Waals surface area contributed by atoms with Crippen LogP contribution >= 0.6 is 0 Å². The van der Waals surface area contributed by atoms with Crippen molar-refractivity contribution in [3.05, 3.63) is 73.2 Å². The molecule has 0 unspecified atom stereocenters. The summed E-state index contributed by atoms with van der Waals surface area (Å²) in [5, 5.41) is 25.1. The van der Waals surface area contributed by atoms with E-state index in [9.17, 15) is 10.2 Å². The van der Waals surface area contributed by atoms with Gasteiger partial charge in [-0.05, 0) is 17.7 Å². The van der Waals surface area contributed by atoms with E-state index in [0.29, 0.717) is 11.5 Å². The lowest BCUT2D eigenvalue weighted by Gasteiger charge is -2.17. The van der Waals surface area contributed by atoms with Crippen LogP contribution in [0.1, 0.15) is 6.23 Å². The highest BCUT2D eigenvalue weighted by Crippen LogP contribution is 2.39. The van der Waals surface area contributed by atoms with Gasteiger partial charge in [-0.2, -0.15) is 0 Å². The van der Waals surface area contributed by atoms with Crippen molar-refractivity contribution in [2.24, 2.45) is 5.73 Å². The maximum Gasteiger partial charge on any atom is 0.164 e. The number of aliphatic hydroxyl groups excluding tert-OH is 2. The number of hydrogen-bond acceptors (Lipinski definition) is 7. The van der Waals surface area contributed by atoms with Gasteiger partial charge in [0.2, 0.25) is 0 Å². The fraction of sp³-hybridized carbons (Fsp3) is 0.217. The minimum absolute atomic E-state index is 0.106. The van der Waals surface area contributed by atoms with Crippen molar-refractivity contribution in [1.29, 1.82) is 0 Å². The third kappa shape index (κ3) is 3.45. The predicted octanol–water partition coefficient (Wildman–Crippen LogP) is 2.42. The van der Waals surface area contributed by atoms with E-state index in [0.717, 1.165) is 22.2 Å². The van der Waals surface area contributed by atoms with Gasteiger partial charge < -0.3 is 30.6 Å². The van der Waals surface area contributed by atoms with Gasteiger partial charge in [-0.15, -0.1) is 0 Å². The molecule has 4 atom stereocenters. The molecule has 1 aliphatic rings. The number of aromatic nitrogens is 3. The average molecular weight is 417 g/mol. The van der Waals surface area contributed by atoms with Crippen molar-refractivity contribution in [3.8, 4) is 11.1 Å². The Labute approximate surface area is 178 Å². The number of anilines is 2. The standard InChI is InChI=1S/C23H23N5O3/c24-11-17-19(29)20(30)23(31-17)28-12-16(14-7-3-1-4-8-14)18-21(25-13-26-22(18)28)27-15-9-5-2-6-10-15/h1-10,12-13,17,19-20,23,29-30H,11,24H2,(H,25,26,27)/t17-,19+,20+,23-/m1/s1. The fourth-order valence-electron chi connectivity index (χ4n) is 4.02. The third-order valence-electron chi connectivity index (χ3n) is 5.57. The zero-order chi connectivity index (χ0) is 21.4. The molecular formula is C23H23N5O3. The number of ether oxygens (including phenoxy) is 1. The molecule has 8 nitrogen and oxygen atoms in total. The van der Waals surface area contributed by atoms with Gasteiger partial charge in [0, 0.05) is 24.0 Å². The molecule has 5 rings (SSSR count). The molecule has 0 bridgehead atoms. The van der Waals surface area contributed by atoms with E-state index >= 15 is 0 Å². The van der Waals surface area contributed by atoms with E-state index in [4.69, 9.17) is 10.5 Å². The van der Waals surface area contributed by atoms with Crippen molar-refractivity contribution in [3.63, 3.8) is 0 Å². The quantitative estimate of drug-likeness (QED) is 0.394. The third-order valence-corrected chi connectivity index (χ3v) is 5.57. The van der Waals surface area contributed by atoms with Crippen LogP contribution < -0.4 is 11.1 Å². The summed E-state index contributed by atoms with van der Waals surface area (Å²) in [5.74, 6) is 0.636. The Morgan fingerprint density at radius 1 is 0.968 bits per heavy atom. The van der Waals surface area contributed by atoms with Crippen LogP contribution in [0.15, 0.2) is 73.2 Å². The molecule has 1 aliphatic heterocycles. The molecule has 0 amide bonds. The Kier molecular flexibility index (Phi) is 5.13. The summed E-state index contributed by atoms with van der Waals surface area (Å²) < 4.78 is 7.64. The van der Waals surface area contributed by atoms with E-state index in [1.807, 2.05) is 66.9 Å². The number of aliphatic hydroxyl groups is 2. The fourth-order valence-corrected chi connectivity index (χ4v) is 4.02. The maximum absolute atomic E-state index is 10.6. The SMILES string of the molecule is NC[C@H]1O[C@@H](n2cc(-c3ccccc3)c3c(Nc4ccccc4)ncnc32)[C@@H](O)[C@H]1O. The summed E-state index contributed by atoms with van der Waals surface area (Å²) in [5.41, 5.74) is 9.04. The zero-order valence-corrected chi connectivity index (χ0v) is 16.7. The highest BCUT2D eigenvalue weighted by atomic mass is 16.6. The molecule has 5 N–H and O–H groups in total. The molecule has 0 aliphatic carbocycles. The second kappa shape index (κ2) is 8.09. The number of fused-ring (bicyclic) bond motifs is 1. The monoisotopic (exact) mass is 417 g/mol. The van der Waals surface area contributed by atoms with Crippen LogP contribution in [-0.2, 0) is 4.74 Å². The van der Waals surface area contributed by atoms with Crippen LogP contribution in [0.25, 0.3) is 22.2 Å². The number of nitrogens with one attached hydrogen (secondary N) is 1. The molecule has 3 heterocycles. The molecule has 2 aromatic heterocycles. The summed E-state index contributed by atoms with van der Waals surface area (Å²) >= 11 is 0. The Morgan fingerprint density at radius 3 is 2.35 bits per heavy atom. The molecule has 8 heteroatoms. The molecule has 31 heavy (non-hydrogen) atoms. The Bertz CT molecular complexity index is 1180. The van der Waals surface area contributed by atoms with Gasteiger partial charge in [0.15, 0.2) is 6.23 Å². The molecule has 4 aromatic rings. The van der Waals surface area contributed by atoms with Crippen molar-refractivity contribution in [2.75, 3.05) is 11.9 Å². The minimum Gasteiger partial charge on any atom is -0.387 e. The van der Waals surface area contributed by atoms with Crippen LogP contribution in [0.4, 0.5) is 11.5 Å². The largest absolute Gasteiger partial charge is 0.387 e. The van der Waals surface area contributed by atoms with Gasteiger partial charge >= 0.3 is 0 Å². The first-order valence-electron chi connectivity index (χ1n) is 10.1. The van der Waals surface area contributed by atoms with Crippen molar-refractivity contribution in [2.45, 2.75) is 24.5 Å². The lowest BCUT2D eigenvalue weighted by molar-refractivity contribution is -0.0318. The van der Waals surface area contributed by atoms with E-state index < -0.39 is 24.5 Å². The summed E-state index contributed by atoms with van der Waals surface area (Å²) in [6.45, 7) is 0.106. The summed E-state index contributed by atoms with van der Waals surface area (Å²) in [4.78, 5) is 8.98. The van der Waals surface area contributed by atoms with E-state index in [1.54, 1.807) is 4.57 Å². The molecular weight excluding hydrogens is 394 g/mol. The van der Waals surface area contributed by atoms with Gasteiger partial charge in [-0.3, -0.25) is 0 Å². The lowest BCUT2D eigenvalue weighted by Crippen LogP contribution is -2.35. The average Bonchev–Trinajstić information content (AvgIpc) is 3.33. The molecule has 1 saturated heterocycles. The first kappa shape index (κ1) is 19.7. The molecule has 0 saturated carbocycles. The van der Waals surface area contributed by atoms with Gasteiger partial charge in [0.25, 0.3) is 0 Å². The summed E-state index contributed by atoms with van der Waals surface area (Å²) in [6, 6.07) is 19.6. The molecule has 2 aromatic carbocycles. The lowest BCUT2D eigenvalue weighted by atomic mass is 10.1. The highest BCUT2D eigenvalue weighted by Gasteiger charge is 2.43. The first-order chi connectivity index (χ1) is 15.2. The van der Waals surface area contributed by atoms with Crippen molar-refractivity contribution < 1.29 is 14.9 Å². The second-order valence-corrected chi connectivity index (χ2v) is 7.51. The second-order valence-electron chi connectivity index (χ2n) is 7.51. The normalized spacial score (nSPS) is 23.3. The number of nitrogens with zero attached hydrogens (tertiary/aromatic N) is 3. The van der Waals surface area contributed by atoms with Gasteiger partial charge in [0.05, 0.1) is 5.39 Å². The van der Waals surface area contributed by atoms with Crippen LogP contribution in [0.2, 0.25) is 0 Å². The molecule has 0 radical (unpaired) electrons. The number of para-hydroxylation sites is 1. The number of hydrogen-bond donors (Lipinski definition) is 4. The minimum atomic E-state index is -1.13. The van der Waals surface area contributed by atoms with E-state index in [2.05, 4.69) is 15.3 Å². The maximum atomic E-state index is 10.6. The first-order valence-corrected chi connectivity index (χ1v) is 10.1. The molecule has 1 fully saturated rings. The van der Waals surface area contributed by atoms with Crippen LogP contribution in [-0.4, -0.2) is 49.6 Å². The molecule has 0 spiro atoms. The van der Waals surface area contributed by atoms with Crippen LogP contribution in [0, 0.1) is 0 Å². The van der Waals surface area contributed by atoms with Crippen LogP contribution in [0.5, 0.6) is 0 Å².